The molecule has 1 atom stereocenters. The van der Waals surface area contributed by atoms with Gasteiger partial charge in [-0.1, -0.05) is 22.0 Å². The van der Waals surface area contributed by atoms with Gasteiger partial charge in [-0.05, 0) is 56.5 Å². The molecule has 1 saturated heterocycles. The zero-order valence-electron chi connectivity index (χ0n) is 20.5. The van der Waals surface area contributed by atoms with Gasteiger partial charge in [0.2, 0.25) is 0 Å². The molecule has 2 N–H and O–H groups in total. The number of hydrogen-bond donors (Lipinski definition) is 2. The number of halogens is 5. The fourth-order valence-corrected chi connectivity index (χ4v) is 5.36. The van der Waals surface area contributed by atoms with Crippen LogP contribution in [0.25, 0.3) is 10.9 Å². The number of amides is 1. The summed E-state index contributed by atoms with van der Waals surface area (Å²) in [6.45, 7) is 2.98. The molecule has 1 fully saturated rings. The minimum Gasteiger partial charge on any atom is -0.481 e. The Bertz CT molecular complexity index is 1370. The minimum atomic E-state index is -4.85. The summed E-state index contributed by atoms with van der Waals surface area (Å²) in [5, 5.41) is 12.4. The van der Waals surface area contributed by atoms with Crippen LogP contribution in [-0.4, -0.2) is 41.6 Å². The minimum absolute atomic E-state index is 0.291. The lowest BCUT2D eigenvalue weighted by Gasteiger charge is -2.24. The lowest BCUT2D eigenvalue weighted by atomic mass is 9.89. The maximum Gasteiger partial charge on any atom is 0.416 e. The van der Waals surface area contributed by atoms with Crippen LogP contribution in [0.3, 0.4) is 0 Å². The molecule has 6 nitrogen and oxygen atoms in total. The molecule has 38 heavy (non-hydrogen) atoms. The van der Waals surface area contributed by atoms with Gasteiger partial charge in [0.05, 0.1) is 16.6 Å². The van der Waals surface area contributed by atoms with Crippen molar-refractivity contribution in [1.29, 1.82) is 0 Å². The van der Waals surface area contributed by atoms with E-state index in [9.17, 15) is 27.2 Å². The number of nitrogens with one attached hydrogen (secondary N) is 1. The first-order valence-electron chi connectivity index (χ1n) is 12.2. The number of carboxylic acids is 1. The summed E-state index contributed by atoms with van der Waals surface area (Å²) >= 11 is 3.41. The van der Waals surface area contributed by atoms with E-state index < -0.39 is 47.3 Å². The molecule has 2 aromatic carbocycles. The summed E-state index contributed by atoms with van der Waals surface area (Å²) in [4.78, 5) is 31.7. The third-order valence-corrected chi connectivity index (χ3v) is 7.27. The molecule has 2 heterocycles. The quantitative estimate of drug-likeness (QED) is 0.293. The molecule has 1 amide bonds. The maximum atomic E-state index is 14.8. The number of carboxylic acid groups (broad SMARTS) is 1. The van der Waals surface area contributed by atoms with Crippen molar-refractivity contribution >= 4 is 44.5 Å². The van der Waals surface area contributed by atoms with E-state index in [1.165, 1.54) is 0 Å². The van der Waals surface area contributed by atoms with Crippen LogP contribution in [-0.2, 0) is 11.0 Å². The van der Waals surface area contributed by atoms with Gasteiger partial charge in [-0.15, -0.1) is 0 Å². The van der Waals surface area contributed by atoms with Gasteiger partial charge in [-0.3, -0.25) is 9.59 Å². The Labute approximate surface area is 225 Å². The van der Waals surface area contributed by atoms with Gasteiger partial charge in [0.25, 0.3) is 5.91 Å². The summed E-state index contributed by atoms with van der Waals surface area (Å²) in [6, 6.07) is 7.95. The summed E-state index contributed by atoms with van der Waals surface area (Å²) in [5.74, 6) is -3.44. The van der Waals surface area contributed by atoms with Gasteiger partial charge in [-0.25, -0.2) is 9.37 Å². The summed E-state index contributed by atoms with van der Waals surface area (Å²) in [6.07, 6.45) is -3.64. The van der Waals surface area contributed by atoms with Gasteiger partial charge < -0.3 is 15.3 Å². The van der Waals surface area contributed by atoms with Crippen LogP contribution in [0.1, 0.15) is 58.6 Å². The largest absolute Gasteiger partial charge is 0.481 e. The summed E-state index contributed by atoms with van der Waals surface area (Å²) in [7, 11) is 0. The van der Waals surface area contributed by atoms with Crippen LogP contribution in [0.15, 0.2) is 40.9 Å². The van der Waals surface area contributed by atoms with Gasteiger partial charge >= 0.3 is 12.1 Å². The molecule has 0 saturated carbocycles. The first-order valence-corrected chi connectivity index (χ1v) is 13.0. The molecule has 1 aliphatic heterocycles. The number of nitrogens with zero attached hydrogens (tertiary/aromatic N) is 2. The molecular weight excluding hydrogens is 570 g/mol. The Morgan fingerprint density at radius 2 is 1.89 bits per heavy atom. The molecule has 11 heteroatoms. The molecule has 3 aromatic rings. The molecule has 0 spiro atoms. The number of benzene rings is 2. The van der Waals surface area contributed by atoms with Crippen LogP contribution in [0.2, 0.25) is 0 Å². The lowest BCUT2D eigenvalue weighted by molar-refractivity contribution is -0.138. The highest BCUT2D eigenvalue weighted by molar-refractivity contribution is 9.10. The first kappa shape index (κ1) is 27.8. The van der Waals surface area contributed by atoms with E-state index in [1.54, 1.807) is 25.1 Å². The van der Waals surface area contributed by atoms with E-state index in [-0.39, 0.29) is 13.0 Å². The number of anilines is 1. The van der Waals surface area contributed by atoms with Gasteiger partial charge in [-0.2, -0.15) is 13.2 Å². The van der Waals surface area contributed by atoms with Crippen molar-refractivity contribution in [3.63, 3.8) is 0 Å². The average molecular weight is 596 g/mol. The third kappa shape index (κ3) is 5.92. The summed E-state index contributed by atoms with van der Waals surface area (Å²) in [5.41, 5.74) is -0.313. The van der Waals surface area contributed by atoms with Crippen LogP contribution < -0.4 is 10.2 Å². The summed E-state index contributed by atoms with van der Waals surface area (Å²) < 4.78 is 56.7. The van der Waals surface area contributed by atoms with Crippen molar-refractivity contribution in [2.24, 2.45) is 0 Å². The second kappa shape index (κ2) is 11.3. The molecule has 0 bridgehead atoms. The van der Waals surface area contributed by atoms with E-state index in [4.69, 9.17) is 10.1 Å². The van der Waals surface area contributed by atoms with Crippen molar-refractivity contribution in [3.05, 3.63) is 68.9 Å². The fourth-order valence-electron chi connectivity index (χ4n) is 5.00. The van der Waals surface area contributed by atoms with Gasteiger partial charge in [0.1, 0.15) is 11.6 Å². The topological polar surface area (TPSA) is 82.5 Å². The van der Waals surface area contributed by atoms with Gasteiger partial charge in [0.15, 0.2) is 0 Å². The number of pyridine rings is 1. The number of rotatable bonds is 8. The number of hydrogen-bond acceptors (Lipinski definition) is 4. The molecule has 0 unspecified atom stereocenters. The third-order valence-electron chi connectivity index (χ3n) is 6.78. The monoisotopic (exact) mass is 595 g/mol. The molecule has 0 aliphatic carbocycles. The second-order valence-electron chi connectivity index (χ2n) is 9.33. The van der Waals surface area contributed by atoms with Crippen molar-refractivity contribution < 1.29 is 32.3 Å². The lowest BCUT2D eigenvalue weighted by Crippen LogP contribution is -2.31. The Morgan fingerprint density at radius 1 is 1.18 bits per heavy atom. The number of aromatic nitrogens is 1. The highest BCUT2D eigenvalue weighted by Gasteiger charge is 2.37. The fraction of sp³-hybridized carbons (Fsp3) is 0.370. The normalized spacial score (nSPS) is 14.6. The van der Waals surface area contributed by atoms with E-state index in [0.717, 1.165) is 48.6 Å². The number of carbonyl (C=O) groups is 2. The van der Waals surface area contributed by atoms with Crippen LogP contribution in [0.4, 0.5) is 23.4 Å². The first-order chi connectivity index (χ1) is 18.0. The van der Waals surface area contributed by atoms with E-state index in [2.05, 4.69) is 26.1 Å². The standard InChI is InChI=1S/C27H26BrF4N3O3/c1-15-23(18-13-17(28)8-9-21(18)34-25(15)35-11-2-3-12-35)26(38)33-14-16(7-10-22(36)37)24-19(27(30,31)32)5-4-6-20(24)29/h4-6,8-9,13,16H,2-3,7,10-12,14H2,1H3,(H,33,38)(H,36,37)/t16-/m1/s1. The van der Waals surface area contributed by atoms with Crippen molar-refractivity contribution in [1.82, 2.24) is 10.3 Å². The molecular formula is C27H26BrF4N3O3. The predicted octanol–water partition coefficient (Wildman–Crippen LogP) is 6.44. The second-order valence-corrected chi connectivity index (χ2v) is 10.2. The number of alkyl halides is 3. The maximum absolute atomic E-state index is 14.8. The molecule has 0 radical (unpaired) electrons. The SMILES string of the molecule is Cc1c(N2CCCC2)nc2ccc(Br)cc2c1C(=O)NC[C@@H](CCC(=O)O)c1c(F)cccc1C(F)(F)F. The molecule has 1 aromatic heterocycles. The van der Waals surface area contributed by atoms with E-state index in [0.29, 0.717) is 27.8 Å². The number of aliphatic carboxylic acids is 1. The molecule has 1 aliphatic rings. The average Bonchev–Trinajstić information content (AvgIpc) is 3.38. The highest BCUT2D eigenvalue weighted by atomic mass is 79.9. The number of fused-ring (bicyclic) bond motifs is 1. The van der Waals surface area contributed by atoms with Crippen LogP contribution in [0, 0.1) is 12.7 Å². The van der Waals surface area contributed by atoms with Crippen LogP contribution >= 0.6 is 15.9 Å². The van der Waals surface area contributed by atoms with Crippen LogP contribution in [0.5, 0.6) is 0 Å². The van der Waals surface area contributed by atoms with Crippen molar-refractivity contribution in [2.45, 2.75) is 44.7 Å². The zero-order valence-corrected chi connectivity index (χ0v) is 22.1. The number of carbonyl (C=O) groups excluding carboxylic acids is 1. The Hall–Kier alpha value is -3.21. The Balaban J connectivity index is 1.72. The molecule has 4 rings (SSSR count). The van der Waals surface area contributed by atoms with Gasteiger partial charge in [0, 0.05) is 53.0 Å². The van der Waals surface area contributed by atoms with Crippen molar-refractivity contribution in [3.8, 4) is 0 Å². The van der Waals surface area contributed by atoms with E-state index in [1.807, 2.05) is 0 Å². The smallest absolute Gasteiger partial charge is 0.416 e. The predicted molar refractivity (Wildman–Crippen MR) is 139 cm³/mol. The zero-order chi connectivity index (χ0) is 27.6. The highest BCUT2D eigenvalue weighted by Crippen LogP contribution is 2.38. The van der Waals surface area contributed by atoms with Crippen molar-refractivity contribution in [2.75, 3.05) is 24.5 Å². The molecule has 202 valence electrons. The Morgan fingerprint density at radius 3 is 2.55 bits per heavy atom. The van der Waals surface area contributed by atoms with E-state index >= 15 is 0 Å². The Kier molecular flexibility index (Phi) is 8.25.